The first-order chi connectivity index (χ1) is 8.79. The molecule has 0 radical (unpaired) electrons. The van der Waals surface area contributed by atoms with Crippen LogP contribution < -0.4 is 0 Å². The molecule has 4 heteroatoms. The van der Waals surface area contributed by atoms with Gasteiger partial charge in [-0.15, -0.1) is 0 Å². The molecule has 104 valence electrons. The third kappa shape index (κ3) is 2.72. The predicted octanol–water partition coefficient (Wildman–Crippen LogP) is 2.22. The summed E-state index contributed by atoms with van der Waals surface area (Å²) in [5.41, 5.74) is 0.0726. The van der Waals surface area contributed by atoms with E-state index in [1.807, 2.05) is 11.8 Å². The second-order valence-electron chi connectivity index (χ2n) is 5.98. The molecular weight excluding hydrogens is 248 g/mol. The first-order valence-corrected chi connectivity index (χ1v) is 8.46. The molecule has 1 N–H and O–H groups in total. The third-order valence-corrected chi connectivity index (χ3v) is 5.90. The van der Waals surface area contributed by atoms with Gasteiger partial charge in [-0.2, -0.15) is 11.8 Å². The normalized spacial score (nSPS) is 43.2. The minimum Gasteiger partial charge on any atom is -0.390 e. The van der Waals surface area contributed by atoms with E-state index in [0.717, 1.165) is 51.1 Å². The number of thioether (sulfide) groups is 1. The highest BCUT2D eigenvalue weighted by Gasteiger charge is 2.43. The smallest absolute Gasteiger partial charge is 0.0836 e. The van der Waals surface area contributed by atoms with Crippen molar-refractivity contribution in [2.24, 2.45) is 5.92 Å². The Morgan fingerprint density at radius 1 is 1.22 bits per heavy atom. The lowest BCUT2D eigenvalue weighted by Crippen LogP contribution is -2.47. The summed E-state index contributed by atoms with van der Waals surface area (Å²) in [6.45, 7) is 1.64. The molecule has 0 amide bonds. The third-order valence-electron chi connectivity index (χ3n) is 4.68. The van der Waals surface area contributed by atoms with Crippen molar-refractivity contribution in [3.63, 3.8) is 0 Å². The molecule has 3 heterocycles. The Morgan fingerprint density at radius 2 is 2.17 bits per heavy atom. The van der Waals surface area contributed by atoms with E-state index in [9.17, 15) is 5.11 Å². The molecule has 3 saturated heterocycles. The average molecular weight is 272 g/mol. The van der Waals surface area contributed by atoms with Gasteiger partial charge in [0.15, 0.2) is 0 Å². The fourth-order valence-electron chi connectivity index (χ4n) is 3.56. The SMILES string of the molecule is OC(C1CCOC2(CCSC2)C1)C1CCCCO1. The fourth-order valence-corrected chi connectivity index (χ4v) is 4.94. The van der Waals surface area contributed by atoms with Crippen LogP contribution in [-0.4, -0.2) is 47.6 Å². The number of aliphatic hydroxyl groups excluding tert-OH is 1. The van der Waals surface area contributed by atoms with Gasteiger partial charge in [-0.05, 0) is 50.2 Å². The standard InChI is InChI=1S/C14H24O3S/c15-13(12-3-1-2-6-16-12)11-4-7-17-14(9-11)5-8-18-10-14/h11-13,15H,1-10H2. The van der Waals surface area contributed by atoms with Crippen LogP contribution in [0.25, 0.3) is 0 Å². The van der Waals surface area contributed by atoms with E-state index in [1.165, 1.54) is 12.2 Å². The lowest BCUT2D eigenvalue weighted by Gasteiger charge is -2.41. The largest absolute Gasteiger partial charge is 0.390 e. The molecule has 0 aromatic heterocycles. The fraction of sp³-hybridized carbons (Fsp3) is 1.00. The van der Waals surface area contributed by atoms with E-state index in [2.05, 4.69) is 0 Å². The molecule has 3 nitrogen and oxygen atoms in total. The summed E-state index contributed by atoms with van der Waals surface area (Å²) in [5.74, 6) is 2.70. The van der Waals surface area contributed by atoms with Crippen molar-refractivity contribution in [2.45, 2.75) is 56.3 Å². The van der Waals surface area contributed by atoms with Crippen LogP contribution in [-0.2, 0) is 9.47 Å². The van der Waals surface area contributed by atoms with Crippen molar-refractivity contribution in [2.75, 3.05) is 24.7 Å². The monoisotopic (exact) mass is 272 g/mol. The molecular formula is C14H24O3S. The molecule has 3 aliphatic heterocycles. The van der Waals surface area contributed by atoms with Crippen molar-refractivity contribution in [3.8, 4) is 0 Å². The van der Waals surface area contributed by atoms with Crippen LogP contribution in [0.2, 0.25) is 0 Å². The zero-order valence-corrected chi connectivity index (χ0v) is 11.8. The molecule has 0 aromatic carbocycles. The molecule has 0 aromatic rings. The minimum absolute atomic E-state index is 0.0726. The summed E-state index contributed by atoms with van der Waals surface area (Å²) in [5, 5.41) is 10.6. The van der Waals surface area contributed by atoms with Crippen molar-refractivity contribution >= 4 is 11.8 Å². The van der Waals surface area contributed by atoms with Gasteiger partial charge >= 0.3 is 0 Å². The summed E-state index contributed by atoms with van der Waals surface area (Å²) >= 11 is 1.99. The van der Waals surface area contributed by atoms with Gasteiger partial charge < -0.3 is 14.6 Å². The summed E-state index contributed by atoms with van der Waals surface area (Å²) in [4.78, 5) is 0. The summed E-state index contributed by atoms with van der Waals surface area (Å²) < 4.78 is 11.8. The highest BCUT2D eigenvalue weighted by Crippen LogP contribution is 2.42. The Morgan fingerprint density at radius 3 is 2.89 bits per heavy atom. The molecule has 3 rings (SSSR count). The van der Waals surface area contributed by atoms with Gasteiger partial charge in [0, 0.05) is 19.0 Å². The number of hydrogen-bond donors (Lipinski definition) is 1. The molecule has 0 saturated carbocycles. The number of ether oxygens (including phenoxy) is 2. The van der Waals surface area contributed by atoms with E-state index in [-0.39, 0.29) is 17.8 Å². The molecule has 4 unspecified atom stereocenters. The molecule has 0 aliphatic carbocycles. The Balaban J connectivity index is 1.60. The van der Waals surface area contributed by atoms with Crippen molar-refractivity contribution in [3.05, 3.63) is 0 Å². The van der Waals surface area contributed by atoms with Gasteiger partial charge in [0.05, 0.1) is 17.8 Å². The second kappa shape index (κ2) is 5.70. The highest BCUT2D eigenvalue weighted by molar-refractivity contribution is 7.99. The van der Waals surface area contributed by atoms with E-state index in [1.54, 1.807) is 0 Å². The first-order valence-electron chi connectivity index (χ1n) is 7.30. The Bertz CT molecular complexity index is 272. The van der Waals surface area contributed by atoms with Crippen LogP contribution in [0.1, 0.15) is 38.5 Å². The van der Waals surface area contributed by atoms with Gasteiger partial charge in [0.1, 0.15) is 0 Å². The number of aliphatic hydroxyl groups is 1. The maximum absolute atomic E-state index is 10.6. The number of hydrogen-bond acceptors (Lipinski definition) is 4. The van der Waals surface area contributed by atoms with E-state index >= 15 is 0 Å². The Labute approximate surface area is 114 Å². The highest BCUT2D eigenvalue weighted by atomic mass is 32.2. The lowest BCUT2D eigenvalue weighted by atomic mass is 9.80. The van der Waals surface area contributed by atoms with Gasteiger partial charge in [0.25, 0.3) is 0 Å². The van der Waals surface area contributed by atoms with Crippen LogP contribution in [0.3, 0.4) is 0 Å². The molecule has 0 bridgehead atoms. The van der Waals surface area contributed by atoms with Crippen LogP contribution in [0.15, 0.2) is 0 Å². The van der Waals surface area contributed by atoms with Crippen LogP contribution in [0.4, 0.5) is 0 Å². The van der Waals surface area contributed by atoms with Gasteiger partial charge in [-0.3, -0.25) is 0 Å². The zero-order chi connectivity index (χ0) is 12.4. The van der Waals surface area contributed by atoms with Crippen molar-refractivity contribution in [1.29, 1.82) is 0 Å². The summed E-state index contributed by atoms with van der Waals surface area (Å²) in [7, 11) is 0. The lowest BCUT2D eigenvalue weighted by molar-refractivity contribution is -0.137. The number of rotatable bonds is 2. The maximum atomic E-state index is 10.6. The van der Waals surface area contributed by atoms with Gasteiger partial charge in [0.2, 0.25) is 0 Å². The molecule has 1 spiro atoms. The first kappa shape index (κ1) is 13.2. The summed E-state index contributed by atoms with van der Waals surface area (Å²) in [6, 6.07) is 0. The van der Waals surface area contributed by atoms with E-state index in [4.69, 9.17) is 9.47 Å². The van der Waals surface area contributed by atoms with Gasteiger partial charge in [-0.1, -0.05) is 0 Å². The minimum atomic E-state index is -0.281. The van der Waals surface area contributed by atoms with Crippen LogP contribution in [0.5, 0.6) is 0 Å². The molecule has 3 aliphatic rings. The maximum Gasteiger partial charge on any atom is 0.0836 e. The average Bonchev–Trinajstić information content (AvgIpc) is 2.87. The van der Waals surface area contributed by atoms with Crippen molar-refractivity contribution < 1.29 is 14.6 Å². The Hall–Kier alpha value is 0.230. The zero-order valence-electron chi connectivity index (χ0n) is 11.0. The molecule has 3 fully saturated rings. The quantitative estimate of drug-likeness (QED) is 0.836. The molecule has 4 atom stereocenters. The predicted molar refractivity (Wildman–Crippen MR) is 72.9 cm³/mol. The topological polar surface area (TPSA) is 38.7 Å². The molecule has 18 heavy (non-hydrogen) atoms. The van der Waals surface area contributed by atoms with E-state index in [0.29, 0.717) is 5.92 Å². The Kier molecular flexibility index (Phi) is 4.18. The summed E-state index contributed by atoms with van der Waals surface area (Å²) in [6.07, 6.45) is 6.36. The van der Waals surface area contributed by atoms with Gasteiger partial charge in [-0.25, -0.2) is 0 Å². The van der Waals surface area contributed by atoms with E-state index < -0.39 is 0 Å². The van der Waals surface area contributed by atoms with Crippen molar-refractivity contribution in [1.82, 2.24) is 0 Å². The van der Waals surface area contributed by atoms with Crippen LogP contribution in [0, 0.1) is 5.92 Å². The second-order valence-corrected chi connectivity index (χ2v) is 7.09. The van der Waals surface area contributed by atoms with Crippen LogP contribution >= 0.6 is 11.8 Å².